The number of ether oxygens (including phenoxy) is 2. The van der Waals surface area contributed by atoms with E-state index in [-0.39, 0.29) is 24.1 Å². The topological polar surface area (TPSA) is 150 Å². The molecule has 0 fully saturated rings. The quantitative estimate of drug-likeness (QED) is 0.279. The molecule has 2 aromatic heterocycles. The van der Waals surface area contributed by atoms with Gasteiger partial charge >= 0.3 is 5.69 Å². The maximum Gasteiger partial charge on any atom is 0.346 e. The highest BCUT2D eigenvalue weighted by Crippen LogP contribution is 2.42. The Balaban J connectivity index is 1.33. The number of carbonyl (C=O) groups excluding carboxylic acids is 1. The van der Waals surface area contributed by atoms with Gasteiger partial charge in [0.1, 0.15) is 12.4 Å². The molecule has 238 valence electrons. The number of hydrogen-bond acceptors (Lipinski definition) is 9. The van der Waals surface area contributed by atoms with Crippen LogP contribution < -0.4 is 26.6 Å². The normalized spacial score (nSPS) is 15.9. The first-order valence-electron chi connectivity index (χ1n) is 15.1. The second-order valence-corrected chi connectivity index (χ2v) is 11.6. The van der Waals surface area contributed by atoms with E-state index in [1.54, 1.807) is 13.2 Å². The number of aromatic nitrogens is 4. The fourth-order valence-electron chi connectivity index (χ4n) is 6.27. The highest BCUT2D eigenvalue weighted by atomic mass is 16.5. The Morgan fingerprint density at radius 3 is 2.50 bits per heavy atom. The number of carbonyl (C=O) groups is 1. The van der Waals surface area contributed by atoms with E-state index in [0.29, 0.717) is 24.6 Å². The zero-order valence-electron chi connectivity index (χ0n) is 26.4. The maximum absolute atomic E-state index is 13.1. The van der Waals surface area contributed by atoms with Crippen LogP contribution in [0.4, 0.5) is 5.69 Å². The summed E-state index contributed by atoms with van der Waals surface area (Å²) in [6.07, 6.45) is 2.33. The Morgan fingerprint density at radius 2 is 1.76 bits per heavy atom. The Morgan fingerprint density at radius 1 is 1.04 bits per heavy atom. The van der Waals surface area contributed by atoms with Gasteiger partial charge in [-0.2, -0.15) is 5.10 Å². The van der Waals surface area contributed by atoms with Crippen LogP contribution in [0.15, 0.2) is 63.5 Å². The monoisotopic (exact) mass is 624 g/mol. The predicted octanol–water partition coefficient (Wildman–Crippen LogP) is 3.85. The molecule has 4 aromatic rings. The lowest BCUT2D eigenvalue weighted by molar-refractivity contribution is 0.101. The number of hydrogen-bond donors (Lipinski definition) is 3. The van der Waals surface area contributed by atoms with Gasteiger partial charge in [0.25, 0.3) is 11.5 Å². The molecule has 1 atom stereocenters. The predicted molar refractivity (Wildman–Crippen MR) is 173 cm³/mol. The fourth-order valence-corrected chi connectivity index (χ4v) is 6.27. The largest absolute Gasteiger partial charge is 0.508 e. The second-order valence-electron chi connectivity index (χ2n) is 11.6. The molecular formula is C34H36N6O6. The van der Waals surface area contributed by atoms with E-state index in [1.165, 1.54) is 14.1 Å². The van der Waals surface area contributed by atoms with Gasteiger partial charge in [-0.05, 0) is 66.6 Å². The van der Waals surface area contributed by atoms with Crippen molar-refractivity contribution in [3.05, 3.63) is 103 Å². The van der Waals surface area contributed by atoms with Crippen molar-refractivity contribution < 1.29 is 19.4 Å². The molecular weight excluding hydrogens is 588 g/mol. The number of aliphatic hydroxyl groups is 1. The average molecular weight is 625 g/mol. The molecule has 0 saturated carbocycles. The highest BCUT2D eigenvalue weighted by molar-refractivity contribution is 6.03. The van der Waals surface area contributed by atoms with Crippen LogP contribution in [0.1, 0.15) is 51.6 Å². The molecule has 2 aromatic carbocycles. The van der Waals surface area contributed by atoms with Crippen molar-refractivity contribution in [1.29, 1.82) is 0 Å². The average Bonchev–Trinajstić information content (AvgIpc) is 3.46. The Kier molecular flexibility index (Phi) is 8.22. The molecule has 1 amide bonds. The first-order valence-corrected chi connectivity index (χ1v) is 15.1. The summed E-state index contributed by atoms with van der Waals surface area (Å²) in [6, 6.07) is 13.7. The summed E-state index contributed by atoms with van der Waals surface area (Å²) in [5.41, 5.74) is 7.14. The van der Waals surface area contributed by atoms with E-state index in [1.807, 2.05) is 44.2 Å². The molecule has 0 unspecified atom stereocenters. The number of aliphatic hydroxyl groups excluding tert-OH is 1. The zero-order chi connectivity index (χ0) is 32.7. The third-order valence-electron chi connectivity index (χ3n) is 8.80. The van der Waals surface area contributed by atoms with Crippen LogP contribution in [-0.2, 0) is 25.3 Å². The maximum atomic E-state index is 13.1. The minimum absolute atomic E-state index is 0.0223. The SMILES string of the molecule is COc1nc(-c2cccc(-c3cccc(NC(=O)c4nn(C)c(=O)n(C)c4=O)c3C)c2C)cc2c1[C@@H](NC1=C(O)COCC1)CC2. The van der Waals surface area contributed by atoms with E-state index in [2.05, 4.69) is 21.8 Å². The van der Waals surface area contributed by atoms with Gasteiger partial charge in [0.2, 0.25) is 11.6 Å². The lowest BCUT2D eigenvalue weighted by Crippen LogP contribution is -2.43. The van der Waals surface area contributed by atoms with E-state index in [4.69, 9.17) is 14.5 Å². The number of fused-ring (bicyclic) bond motifs is 1. The molecule has 6 rings (SSSR count). The number of methoxy groups -OCH3 is 1. The molecule has 3 N–H and O–H groups in total. The Bertz CT molecular complexity index is 2030. The Hall–Kier alpha value is -5.23. The number of benzene rings is 2. The standard InChI is InChI=1S/C34H36N6O6/c1-18-21(22-9-7-11-24(19(22)2)36-31(42)30-33(43)39(3)34(44)40(4)38-30)8-6-10-23(18)27-16-20-12-13-26(29(20)32(37-27)45-5)35-25-14-15-46-17-28(25)41/h6-11,16,26,35,41H,12-15,17H2,1-5H3,(H,36,42)/t26-/m0/s1. The summed E-state index contributed by atoms with van der Waals surface area (Å²) in [5, 5.41) is 20.5. The molecule has 0 radical (unpaired) electrons. The van der Waals surface area contributed by atoms with Gasteiger partial charge in [0, 0.05) is 37.3 Å². The summed E-state index contributed by atoms with van der Waals surface area (Å²) >= 11 is 0. The van der Waals surface area contributed by atoms with Crippen molar-refractivity contribution in [2.45, 2.75) is 39.2 Å². The third kappa shape index (κ3) is 5.45. The summed E-state index contributed by atoms with van der Waals surface area (Å²) < 4.78 is 13.0. The van der Waals surface area contributed by atoms with E-state index in [0.717, 1.165) is 72.4 Å². The van der Waals surface area contributed by atoms with Crippen molar-refractivity contribution in [3.63, 3.8) is 0 Å². The summed E-state index contributed by atoms with van der Waals surface area (Å²) in [4.78, 5) is 42.7. The summed E-state index contributed by atoms with van der Waals surface area (Å²) in [7, 11) is 4.32. The molecule has 46 heavy (non-hydrogen) atoms. The van der Waals surface area contributed by atoms with Gasteiger partial charge in [-0.15, -0.1) is 0 Å². The molecule has 1 aliphatic heterocycles. The van der Waals surface area contributed by atoms with Gasteiger partial charge in [-0.3, -0.25) is 14.2 Å². The van der Waals surface area contributed by atoms with Crippen LogP contribution in [0.25, 0.3) is 22.4 Å². The summed E-state index contributed by atoms with van der Waals surface area (Å²) in [5.74, 6) is 0.0912. The first-order chi connectivity index (χ1) is 22.1. The smallest absolute Gasteiger partial charge is 0.346 e. The van der Waals surface area contributed by atoms with Crippen LogP contribution in [0.2, 0.25) is 0 Å². The van der Waals surface area contributed by atoms with Gasteiger partial charge in [0.05, 0.1) is 31.1 Å². The number of pyridine rings is 1. The number of aryl methyl sites for hydroxylation is 2. The lowest BCUT2D eigenvalue weighted by atomic mass is 9.91. The molecule has 0 saturated heterocycles. The molecule has 2 aliphatic rings. The molecule has 0 bridgehead atoms. The van der Waals surface area contributed by atoms with Gasteiger partial charge < -0.3 is 25.2 Å². The van der Waals surface area contributed by atoms with Crippen LogP contribution in [0, 0.1) is 13.8 Å². The number of rotatable bonds is 7. The zero-order valence-corrected chi connectivity index (χ0v) is 26.4. The van der Waals surface area contributed by atoms with Crippen LogP contribution in [-0.4, -0.2) is 50.7 Å². The minimum atomic E-state index is -0.767. The molecule has 3 heterocycles. The van der Waals surface area contributed by atoms with Gasteiger partial charge in [0.15, 0.2) is 0 Å². The lowest BCUT2D eigenvalue weighted by Gasteiger charge is -2.23. The highest BCUT2D eigenvalue weighted by Gasteiger charge is 2.30. The number of amides is 1. The molecule has 0 spiro atoms. The van der Waals surface area contributed by atoms with Crippen LogP contribution >= 0.6 is 0 Å². The van der Waals surface area contributed by atoms with Crippen LogP contribution in [0.5, 0.6) is 5.88 Å². The first kappa shape index (κ1) is 30.8. The third-order valence-corrected chi connectivity index (χ3v) is 8.80. The molecule has 12 heteroatoms. The molecule has 12 nitrogen and oxygen atoms in total. The summed E-state index contributed by atoms with van der Waals surface area (Å²) in [6.45, 7) is 4.72. The minimum Gasteiger partial charge on any atom is -0.508 e. The number of nitrogens with zero attached hydrogens (tertiary/aromatic N) is 4. The van der Waals surface area contributed by atoms with Gasteiger partial charge in [-0.25, -0.2) is 14.5 Å². The molecule has 1 aliphatic carbocycles. The fraction of sp³-hybridized carbons (Fsp3) is 0.324. The van der Waals surface area contributed by atoms with Crippen molar-refractivity contribution in [3.8, 4) is 28.3 Å². The van der Waals surface area contributed by atoms with E-state index >= 15 is 0 Å². The van der Waals surface area contributed by atoms with Crippen molar-refractivity contribution in [2.24, 2.45) is 14.1 Å². The van der Waals surface area contributed by atoms with Crippen LogP contribution in [0.3, 0.4) is 0 Å². The van der Waals surface area contributed by atoms with Gasteiger partial charge in [-0.1, -0.05) is 30.3 Å². The Labute approximate surface area is 265 Å². The second kappa shape index (κ2) is 12.3. The van der Waals surface area contributed by atoms with E-state index < -0.39 is 17.2 Å². The van der Waals surface area contributed by atoms with E-state index in [9.17, 15) is 19.5 Å². The van der Waals surface area contributed by atoms with Crippen molar-refractivity contribution in [2.75, 3.05) is 25.6 Å². The van der Waals surface area contributed by atoms with Crippen molar-refractivity contribution in [1.82, 2.24) is 24.6 Å². The number of nitrogens with one attached hydrogen (secondary N) is 2. The van der Waals surface area contributed by atoms with Crippen molar-refractivity contribution >= 4 is 11.6 Å². The number of anilines is 1.